The molecule has 1 nitrogen and oxygen atoms in total. The second-order valence-electron chi connectivity index (χ2n) is 5.46. The lowest BCUT2D eigenvalue weighted by Gasteiger charge is -2.14. The molecular formula is C18H16Cl6O. The van der Waals surface area contributed by atoms with Crippen LogP contribution in [0.1, 0.15) is 34.7 Å². The number of alkyl halides is 2. The van der Waals surface area contributed by atoms with Crippen LogP contribution in [-0.2, 0) is 4.74 Å². The summed E-state index contributed by atoms with van der Waals surface area (Å²) in [6.07, 6.45) is 1.27. The van der Waals surface area contributed by atoms with Gasteiger partial charge in [-0.15, -0.1) is 23.2 Å². The van der Waals surface area contributed by atoms with E-state index in [1.165, 1.54) is 0 Å². The number of ether oxygens (including phenoxy) is 1. The molecule has 2 aromatic carbocycles. The highest BCUT2D eigenvalue weighted by Crippen LogP contribution is 2.33. The van der Waals surface area contributed by atoms with Crippen LogP contribution in [0.4, 0.5) is 0 Å². The minimum atomic E-state index is -0.234. The highest BCUT2D eigenvalue weighted by molar-refractivity contribution is 6.36. The zero-order valence-electron chi connectivity index (χ0n) is 13.1. The standard InChI is InChI=1S/C18H16Cl6O/c19-11-1-3-13(17(23)9-11)15(21)5-7-25-8-6-16(22)14-4-2-12(20)10-18(14)24/h1-4,9-10,15-16H,5-8H2. The van der Waals surface area contributed by atoms with Gasteiger partial charge in [-0.05, 0) is 48.2 Å². The summed E-state index contributed by atoms with van der Waals surface area (Å²) in [6.45, 7) is 1.01. The van der Waals surface area contributed by atoms with Crippen molar-refractivity contribution >= 4 is 69.6 Å². The number of benzene rings is 2. The predicted molar refractivity (Wildman–Crippen MR) is 110 cm³/mol. The van der Waals surface area contributed by atoms with Gasteiger partial charge in [0.05, 0.1) is 10.8 Å². The van der Waals surface area contributed by atoms with Gasteiger partial charge in [-0.3, -0.25) is 0 Å². The van der Waals surface area contributed by atoms with Gasteiger partial charge in [-0.1, -0.05) is 58.5 Å². The minimum Gasteiger partial charge on any atom is -0.381 e. The van der Waals surface area contributed by atoms with Crippen molar-refractivity contribution < 1.29 is 4.74 Å². The molecule has 2 unspecified atom stereocenters. The van der Waals surface area contributed by atoms with Crippen LogP contribution < -0.4 is 0 Å². The second-order valence-corrected chi connectivity index (χ2v) is 8.20. The highest BCUT2D eigenvalue weighted by atomic mass is 35.5. The van der Waals surface area contributed by atoms with Crippen LogP contribution >= 0.6 is 69.6 Å². The Labute approximate surface area is 178 Å². The van der Waals surface area contributed by atoms with Crippen molar-refractivity contribution in [3.05, 3.63) is 67.6 Å². The van der Waals surface area contributed by atoms with E-state index in [4.69, 9.17) is 74.3 Å². The van der Waals surface area contributed by atoms with Gasteiger partial charge in [0.15, 0.2) is 0 Å². The first kappa shape index (κ1) is 21.4. The Bertz CT molecular complexity index is 646. The lowest BCUT2D eigenvalue weighted by Crippen LogP contribution is -2.04. The van der Waals surface area contributed by atoms with Crippen LogP contribution in [-0.4, -0.2) is 13.2 Å². The molecule has 0 aliphatic heterocycles. The molecule has 25 heavy (non-hydrogen) atoms. The van der Waals surface area contributed by atoms with Gasteiger partial charge in [0.2, 0.25) is 0 Å². The van der Waals surface area contributed by atoms with Gasteiger partial charge in [0.1, 0.15) is 0 Å². The van der Waals surface area contributed by atoms with Gasteiger partial charge in [0.25, 0.3) is 0 Å². The first-order valence-electron chi connectivity index (χ1n) is 7.64. The minimum absolute atomic E-state index is 0.234. The third kappa shape index (κ3) is 6.66. The number of halogens is 6. The summed E-state index contributed by atoms with van der Waals surface area (Å²) < 4.78 is 5.64. The molecule has 0 amide bonds. The Morgan fingerprint density at radius 1 is 0.680 bits per heavy atom. The first-order valence-corrected chi connectivity index (χ1v) is 10.0. The molecule has 2 aromatic rings. The lowest BCUT2D eigenvalue weighted by atomic mass is 10.1. The summed E-state index contributed by atoms with van der Waals surface area (Å²) in [4.78, 5) is 0. The monoisotopic (exact) mass is 458 g/mol. The zero-order chi connectivity index (χ0) is 18.4. The van der Waals surface area contributed by atoms with E-state index in [1.807, 2.05) is 12.1 Å². The average molecular weight is 461 g/mol. The fraction of sp³-hybridized carbons (Fsp3) is 0.333. The normalized spacial score (nSPS) is 13.7. The van der Waals surface area contributed by atoms with Crippen LogP contribution in [0.15, 0.2) is 36.4 Å². The maximum atomic E-state index is 6.37. The molecule has 0 aliphatic carbocycles. The number of rotatable bonds is 8. The van der Waals surface area contributed by atoms with Gasteiger partial charge >= 0.3 is 0 Å². The summed E-state index contributed by atoms with van der Waals surface area (Å²) in [6, 6.07) is 10.6. The predicted octanol–water partition coefficient (Wildman–Crippen LogP) is 8.36. The van der Waals surface area contributed by atoms with Crippen LogP contribution in [0.2, 0.25) is 20.1 Å². The van der Waals surface area contributed by atoms with Crippen LogP contribution in [0.25, 0.3) is 0 Å². The van der Waals surface area contributed by atoms with Crippen LogP contribution in [0.3, 0.4) is 0 Å². The smallest absolute Gasteiger partial charge is 0.0621 e. The van der Waals surface area contributed by atoms with Crippen LogP contribution in [0.5, 0.6) is 0 Å². The summed E-state index contributed by atoms with van der Waals surface area (Å²) in [7, 11) is 0. The summed E-state index contributed by atoms with van der Waals surface area (Å²) in [5, 5.41) is 1.83. The highest BCUT2D eigenvalue weighted by Gasteiger charge is 2.14. The van der Waals surface area contributed by atoms with Crippen molar-refractivity contribution in [2.45, 2.75) is 23.6 Å². The van der Waals surface area contributed by atoms with E-state index >= 15 is 0 Å². The molecule has 0 saturated heterocycles. The van der Waals surface area contributed by atoms with E-state index in [0.29, 0.717) is 46.1 Å². The second kappa shape index (κ2) is 10.5. The maximum Gasteiger partial charge on any atom is 0.0621 e. The Hall–Kier alpha value is 0.140. The third-order valence-electron chi connectivity index (χ3n) is 3.63. The zero-order valence-corrected chi connectivity index (χ0v) is 17.7. The van der Waals surface area contributed by atoms with Crippen LogP contribution in [0, 0.1) is 0 Å². The van der Waals surface area contributed by atoms with E-state index < -0.39 is 0 Å². The first-order chi connectivity index (χ1) is 11.9. The summed E-state index contributed by atoms with van der Waals surface area (Å²) in [5.74, 6) is 0. The molecule has 7 heteroatoms. The van der Waals surface area contributed by atoms with Gasteiger partial charge in [-0.2, -0.15) is 0 Å². The molecule has 0 aromatic heterocycles. The van der Waals surface area contributed by atoms with Crippen molar-refractivity contribution in [3.63, 3.8) is 0 Å². The molecule has 0 heterocycles. The van der Waals surface area contributed by atoms with E-state index in [2.05, 4.69) is 0 Å². The van der Waals surface area contributed by atoms with Crippen molar-refractivity contribution in [2.75, 3.05) is 13.2 Å². The Morgan fingerprint density at radius 3 is 1.44 bits per heavy atom. The quantitative estimate of drug-likeness (QED) is 0.284. The molecular weight excluding hydrogens is 445 g/mol. The Kier molecular flexibility index (Phi) is 8.98. The molecule has 0 spiro atoms. The van der Waals surface area contributed by atoms with Gasteiger partial charge < -0.3 is 4.74 Å². The molecule has 0 radical (unpaired) electrons. The van der Waals surface area contributed by atoms with Gasteiger partial charge in [0, 0.05) is 33.3 Å². The molecule has 0 saturated carbocycles. The van der Waals surface area contributed by atoms with E-state index in [-0.39, 0.29) is 10.8 Å². The molecule has 0 N–H and O–H groups in total. The third-order valence-corrected chi connectivity index (χ3v) is 5.66. The molecule has 2 rings (SSSR count). The SMILES string of the molecule is Clc1ccc(C(Cl)CCOCCC(Cl)c2ccc(Cl)cc2Cl)c(Cl)c1. The Balaban J connectivity index is 1.74. The fourth-order valence-corrected chi connectivity index (χ4v) is 4.05. The van der Waals surface area contributed by atoms with Gasteiger partial charge in [-0.25, -0.2) is 0 Å². The molecule has 0 bridgehead atoms. The fourth-order valence-electron chi connectivity index (χ4n) is 2.30. The molecule has 0 fully saturated rings. The molecule has 2 atom stereocenters. The molecule has 136 valence electrons. The lowest BCUT2D eigenvalue weighted by molar-refractivity contribution is 0.128. The van der Waals surface area contributed by atoms with E-state index in [0.717, 1.165) is 11.1 Å². The van der Waals surface area contributed by atoms with Crippen molar-refractivity contribution in [1.82, 2.24) is 0 Å². The van der Waals surface area contributed by atoms with Crippen molar-refractivity contribution in [1.29, 1.82) is 0 Å². The van der Waals surface area contributed by atoms with Crippen molar-refractivity contribution in [2.24, 2.45) is 0 Å². The topological polar surface area (TPSA) is 9.23 Å². The summed E-state index contributed by atoms with van der Waals surface area (Å²) >= 11 is 36.8. The average Bonchev–Trinajstić information content (AvgIpc) is 2.54. The summed E-state index contributed by atoms with van der Waals surface area (Å²) in [5.41, 5.74) is 1.69. The largest absolute Gasteiger partial charge is 0.381 e. The van der Waals surface area contributed by atoms with E-state index in [1.54, 1.807) is 24.3 Å². The van der Waals surface area contributed by atoms with E-state index in [9.17, 15) is 0 Å². The Morgan fingerprint density at radius 2 is 1.08 bits per heavy atom. The number of hydrogen-bond donors (Lipinski definition) is 0. The maximum absolute atomic E-state index is 6.37. The number of hydrogen-bond acceptors (Lipinski definition) is 1. The molecule has 0 aliphatic rings. The van der Waals surface area contributed by atoms with Crippen molar-refractivity contribution in [3.8, 4) is 0 Å².